The molecule has 0 aromatic rings. The highest BCUT2D eigenvalue weighted by Crippen LogP contribution is 2.65. The van der Waals surface area contributed by atoms with E-state index in [9.17, 15) is 24.0 Å². The summed E-state index contributed by atoms with van der Waals surface area (Å²) >= 11 is 0. The number of nitrogens with one attached hydrogen (secondary N) is 3. The van der Waals surface area contributed by atoms with E-state index < -0.39 is 41.1 Å². The van der Waals surface area contributed by atoms with Crippen molar-refractivity contribution in [3.63, 3.8) is 0 Å². The molecule has 0 bridgehead atoms. The standard InChI is InChI=1S/C30H49N5O5/c1-28(2,3)23(33-27(40)34-30(6)13-8-7-9-14-30)26(39)35-16-18-20(29(18,4)5)21(35)25(38)32-19(22(36)24(31)37)15-17-11-10-12-17/h17-21,23H,7-16H2,1-6H3,(H2,31,37)(H,32,38)(H2,33,34,40)/t18-,19?,20-,21-,23+/m0/s1. The highest BCUT2D eigenvalue weighted by atomic mass is 16.2. The van der Waals surface area contributed by atoms with Gasteiger partial charge < -0.3 is 26.6 Å². The topological polar surface area (TPSA) is 151 Å². The Hall–Kier alpha value is -2.65. The van der Waals surface area contributed by atoms with Crippen molar-refractivity contribution in [2.45, 2.75) is 123 Å². The van der Waals surface area contributed by atoms with Gasteiger partial charge in [0.15, 0.2) is 0 Å². The monoisotopic (exact) mass is 559 g/mol. The van der Waals surface area contributed by atoms with Crippen molar-refractivity contribution in [2.24, 2.45) is 34.3 Å². The van der Waals surface area contributed by atoms with Gasteiger partial charge in [-0.25, -0.2) is 4.79 Å². The van der Waals surface area contributed by atoms with E-state index in [1.807, 2.05) is 27.7 Å². The number of nitrogens with two attached hydrogens (primary N) is 1. The van der Waals surface area contributed by atoms with E-state index in [1.165, 1.54) is 0 Å². The minimum Gasteiger partial charge on any atom is -0.363 e. The summed E-state index contributed by atoms with van der Waals surface area (Å²) in [5, 5.41) is 8.86. The van der Waals surface area contributed by atoms with Gasteiger partial charge in [-0.2, -0.15) is 0 Å². The molecule has 5 atom stereocenters. The van der Waals surface area contributed by atoms with Crippen LogP contribution in [0.1, 0.15) is 99.3 Å². The van der Waals surface area contributed by atoms with Crippen LogP contribution >= 0.6 is 0 Å². The van der Waals surface area contributed by atoms with E-state index in [0.717, 1.165) is 51.4 Å². The van der Waals surface area contributed by atoms with Gasteiger partial charge in [0.05, 0.1) is 6.04 Å². The second-order valence-electron chi connectivity index (χ2n) is 14.7. The Morgan fingerprint density at radius 1 is 0.950 bits per heavy atom. The summed E-state index contributed by atoms with van der Waals surface area (Å²) in [6.07, 6.45) is 8.40. The summed E-state index contributed by atoms with van der Waals surface area (Å²) in [6, 6.07) is -3.01. The molecule has 10 heteroatoms. The number of ketones is 1. The van der Waals surface area contributed by atoms with Gasteiger partial charge in [0.2, 0.25) is 17.6 Å². The third-order valence-electron chi connectivity index (χ3n) is 10.2. The largest absolute Gasteiger partial charge is 0.363 e. The lowest BCUT2D eigenvalue weighted by Gasteiger charge is -2.39. The van der Waals surface area contributed by atoms with Crippen LogP contribution in [-0.2, 0) is 19.2 Å². The number of rotatable bonds is 9. The maximum atomic E-state index is 14.1. The number of Topliss-reactive ketones (excluding diaryl/α,β-unsaturated/α-hetero) is 1. The Labute approximate surface area is 238 Å². The highest BCUT2D eigenvalue weighted by molar-refractivity contribution is 6.37. The molecule has 0 aromatic carbocycles. The maximum absolute atomic E-state index is 14.1. The van der Waals surface area contributed by atoms with Crippen LogP contribution in [0.25, 0.3) is 0 Å². The summed E-state index contributed by atoms with van der Waals surface area (Å²) < 4.78 is 0. The van der Waals surface area contributed by atoms with Crippen molar-refractivity contribution in [3.05, 3.63) is 0 Å². The first-order valence-corrected chi connectivity index (χ1v) is 15.1. The first kappa shape index (κ1) is 30.3. The molecule has 10 nitrogen and oxygen atoms in total. The van der Waals surface area contributed by atoms with E-state index in [1.54, 1.807) is 4.90 Å². The molecule has 5 N–H and O–H groups in total. The third kappa shape index (κ3) is 6.15. The fourth-order valence-corrected chi connectivity index (χ4v) is 7.25. The second kappa shape index (κ2) is 11.0. The summed E-state index contributed by atoms with van der Waals surface area (Å²) in [6.45, 7) is 12.3. The van der Waals surface area contributed by atoms with E-state index in [2.05, 4.69) is 29.8 Å². The van der Waals surface area contributed by atoms with Crippen molar-refractivity contribution in [1.29, 1.82) is 0 Å². The molecule has 0 radical (unpaired) electrons. The summed E-state index contributed by atoms with van der Waals surface area (Å²) in [5.74, 6) is -2.28. The molecule has 40 heavy (non-hydrogen) atoms. The van der Waals surface area contributed by atoms with Crippen molar-refractivity contribution in [2.75, 3.05) is 6.54 Å². The Kier molecular flexibility index (Phi) is 8.31. The van der Waals surface area contributed by atoms with Gasteiger partial charge in [-0.3, -0.25) is 19.2 Å². The molecule has 4 aliphatic rings. The molecule has 4 fully saturated rings. The van der Waals surface area contributed by atoms with Crippen LogP contribution in [0.3, 0.4) is 0 Å². The lowest BCUT2D eigenvalue weighted by Crippen LogP contribution is -2.62. The van der Waals surface area contributed by atoms with Crippen LogP contribution in [-0.4, -0.2) is 64.6 Å². The Balaban J connectivity index is 1.52. The van der Waals surface area contributed by atoms with Gasteiger partial charge in [0.25, 0.3) is 5.91 Å². The Morgan fingerprint density at radius 2 is 1.57 bits per heavy atom. The van der Waals surface area contributed by atoms with E-state index in [0.29, 0.717) is 13.0 Å². The first-order valence-electron chi connectivity index (χ1n) is 15.1. The molecule has 3 aliphatic carbocycles. The zero-order chi connectivity index (χ0) is 29.6. The molecule has 3 saturated carbocycles. The number of nitrogens with zero attached hydrogens (tertiary/aromatic N) is 1. The van der Waals surface area contributed by atoms with Crippen LogP contribution in [0, 0.1) is 28.6 Å². The lowest BCUT2D eigenvalue weighted by atomic mass is 9.80. The normalized spacial score (nSPS) is 28.4. The number of hydrogen-bond acceptors (Lipinski definition) is 5. The van der Waals surface area contributed by atoms with Crippen LogP contribution in [0.4, 0.5) is 4.79 Å². The molecule has 224 valence electrons. The van der Waals surface area contributed by atoms with Gasteiger partial charge in [-0.15, -0.1) is 0 Å². The van der Waals surface area contributed by atoms with Crippen LogP contribution in [0.15, 0.2) is 0 Å². The zero-order valence-corrected chi connectivity index (χ0v) is 25.1. The minimum absolute atomic E-state index is 0.0694. The molecular formula is C30H49N5O5. The number of amides is 5. The Morgan fingerprint density at radius 3 is 2.10 bits per heavy atom. The molecule has 4 rings (SSSR count). The number of likely N-dealkylation sites (tertiary alicyclic amines) is 1. The summed E-state index contributed by atoms with van der Waals surface area (Å²) in [5.41, 5.74) is 4.27. The van der Waals surface area contributed by atoms with E-state index in [4.69, 9.17) is 5.73 Å². The number of fused-ring (bicyclic) bond motifs is 1. The van der Waals surface area contributed by atoms with Gasteiger partial charge >= 0.3 is 6.03 Å². The molecule has 5 amide bonds. The van der Waals surface area contributed by atoms with Crippen molar-refractivity contribution in [3.8, 4) is 0 Å². The average molecular weight is 560 g/mol. The smallest absolute Gasteiger partial charge is 0.315 e. The molecule has 1 unspecified atom stereocenters. The fourth-order valence-electron chi connectivity index (χ4n) is 7.25. The van der Waals surface area contributed by atoms with Crippen molar-refractivity contribution in [1.82, 2.24) is 20.9 Å². The van der Waals surface area contributed by atoms with Crippen molar-refractivity contribution < 1.29 is 24.0 Å². The molecule has 0 aromatic heterocycles. The molecule has 1 saturated heterocycles. The predicted octanol–water partition coefficient (Wildman–Crippen LogP) is 2.64. The van der Waals surface area contributed by atoms with E-state index in [-0.39, 0.29) is 40.6 Å². The van der Waals surface area contributed by atoms with Gasteiger partial charge in [0, 0.05) is 12.1 Å². The molecule has 0 spiro atoms. The first-order chi connectivity index (χ1) is 18.5. The lowest BCUT2D eigenvalue weighted by molar-refractivity contribution is -0.145. The van der Waals surface area contributed by atoms with Crippen molar-refractivity contribution >= 4 is 29.5 Å². The second-order valence-corrected chi connectivity index (χ2v) is 14.7. The van der Waals surface area contributed by atoms with Crippen LogP contribution < -0.4 is 21.7 Å². The number of carbonyl (C=O) groups excluding carboxylic acids is 5. The zero-order valence-electron chi connectivity index (χ0n) is 25.1. The quantitative estimate of drug-likeness (QED) is 0.320. The van der Waals surface area contributed by atoms with E-state index >= 15 is 0 Å². The minimum atomic E-state index is -1.07. The van der Waals surface area contributed by atoms with Gasteiger partial charge in [-0.05, 0) is 54.8 Å². The number of carbonyl (C=O) groups is 5. The molecule has 1 aliphatic heterocycles. The number of piperidine rings is 1. The average Bonchev–Trinajstić information content (AvgIpc) is 3.14. The number of hydrogen-bond donors (Lipinski definition) is 4. The number of primary amides is 1. The summed E-state index contributed by atoms with van der Waals surface area (Å²) in [4.78, 5) is 67.0. The molecule has 1 heterocycles. The molecular weight excluding hydrogens is 510 g/mol. The highest BCUT2D eigenvalue weighted by Gasteiger charge is 2.70. The van der Waals surface area contributed by atoms with Crippen LogP contribution in [0.2, 0.25) is 0 Å². The SMILES string of the molecule is CC1(NC(=O)N[C@H](C(=O)N2C[C@H]3[C@@H]([C@H]2C(=O)NC(CC2CCC2)C(=O)C(N)=O)C3(C)C)C(C)(C)C)CCCCC1. The van der Waals surface area contributed by atoms with Crippen LogP contribution in [0.5, 0.6) is 0 Å². The Bertz CT molecular complexity index is 1040. The maximum Gasteiger partial charge on any atom is 0.315 e. The predicted molar refractivity (Wildman–Crippen MR) is 151 cm³/mol. The number of urea groups is 1. The van der Waals surface area contributed by atoms with Gasteiger partial charge in [-0.1, -0.05) is 73.1 Å². The third-order valence-corrected chi connectivity index (χ3v) is 10.2. The van der Waals surface area contributed by atoms with Gasteiger partial charge in [0.1, 0.15) is 12.1 Å². The summed E-state index contributed by atoms with van der Waals surface area (Å²) in [7, 11) is 0. The fraction of sp³-hybridized carbons (Fsp3) is 0.833.